The average molecular weight is 395 g/mol. The molecule has 152 valence electrons. The monoisotopic (exact) mass is 394 g/mol. The molecule has 0 fully saturated rings. The quantitative estimate of drug-likeness (QED) is 0.345. The van der Waals surface area contributed by atoms with Crippen LogP contribution in [0.25, 0.3) is 0 Å². The molecule has 0 unspecified atom stereocenters. The van der Waals surface area contributed by atoms with Gasteiger partial charge in [0.15, 0.2) is 0 Å². The maximum Gasteiger partial charge on any atom is 0.0402 e. The molecule has 0 aliphatic heterocycles. The predicted octanol–water partition coefficient (Wildman–Crippen LogP) is 6.26. The first kappa shape index (κ1) is 22.7. The van der Waals surface area contributed by atoms with E-state index in [2.05, 4.69) is 61.8 Å². The Bertz CT molecular complexity index is 927. The maximum absolute atomic E-state index is 5.78. The van der Waals surface area contributed by atoms with Crippen LogP contribution < -0.4 is 11.5 Å². The molecular weight excluding hydrogens is 364 g/mol. The first-order valence-electron chi connectivity index (χ1n) is 10.4. The second-order valence-corrected chi connectivity index (χ2v) is 6.95. The zero-order valence-electron chi connectivity index (χ0n) is 17.9. The second-order valence-electron chi connectivity index (χ2n) is 6.95. The summed E-state index contributed by atoms with van der Waals surface area (Å²) in [5.74, 6) is 13.1. The molecule has 30 heavy (non-hydrogen) atoms. The van der Waals surface area contributed by atoms with E-state index in [1.807, 2.05) is 48.5 Å². The summed E-state index contributed by atoms with van der Waals surface area (Å²) < 4.78 is 0. The van der Waals surface area contributed by atoms with E-state index in [1.165, 1.54) is 0 Å². The van der Waals surface area contributed by atoms with Gasteiger partial charge in [0.05, 0.1) is 0 Å². The molecule has 2 heteroatoms. The largest absolute Gasteiger partial charge is 0.399 e. The molecule has 0 aliphatic rings. The van der Waals surface area contributed by atoms with Crippen molar-refractivity contribution in [2.45, 2.75) is 39.5 Å². The van der Waals surface area contributed by atoms with Gasteiger partial charge in [-0.2, -0.15) is 0 Å². The number of rotatable bonds is 6. The SMILES string of the molecule is CCC/C=C/C(C#Cc1ccc(N)cc1)=C(C#Cc1ccc(N)cc1)/C=C/CCC. The third kappa shape index (κ3) is 8.17. The van der Waals surface area contributed by atoms with Crippen LogP contribution in [0.2, 0.25) is 0 Å². The minimum atomic E-state index is 0.733. The van der Waals surface area contributed by atoms with Crippen molar-refractivity contribution in [2.24, 2.45) is 0 Å². The fourth-order valence-corrected chi connectivity index (χ4v) is 2.55. The lowest BCUT2D eigenvalue weighted by Gasteiger charge is -1.99. The van der Waals surface area contributed by atoms with Crippen LogP contribution in [-0.4, -0.2) is 0 Å². The predicted molar refractivity (Wildman–Crippen MR) is 131 cm³/mol. The van der Waals surface area contributed by atoms with Crippen LogP contribution in [0, 0.1) is 23.7 Å². The number of benzene rings is 2. The lowest BCUT2D eigenvalue weighted by atomic mass is 10.0. The smallest absolute Gasteiger partial charge is 0.0402 e. The Labute approximate surface area is 181 Å². The van der Waals surface area contributed by atoms with Crippen molar-refractivity contribution in [1.82, 2.24) is 0 Å². The molecule has 0 saturated heterocycles. The fraction of sp³-hybridized carbons (Fsp3) is 0.214. The normalized spacial score (nSPS) is 11.5. The van der Waals surface area contributed by atoms with Crippen molar-refractivity contribution in [3.63, 3.8) is 0 Å². The number of hydrogen-bond donors (Lipinski definition) is 2. The summed E-state index contributed by atoms with van der Waals surface area (Å²) in [5.41, 5.74) is 16.7. The van der Waals surface area contributed by atoms with Crippen molar-refractivity contribution in [1.29, 1.82) is 0 Å². The molecule has 0 aromatic heterocycles. The topological polar surface area (TPSA) is 52.0 Å². The van der Waals surface area contributed by atoms with Gasteiger partial charge in [0, 0.05) is 33.6 Å². The Morgan fingerprint density at radius 3 is 1.37 bits per heavy atom. The average Bonchev–Trinajstić information content (AvgIpc) is 2.76. The highest BCUT2D eigenvalue weighted by Gasteiger charge is 1.97. The summed E-state index contributed by atoms with van der Waals surface area (Å²) in [7, 11) is 0. The van der Waals surface area contributed by atoms with E-state index >= 15 is 0 Å². The summed E-state index contributed by atoms with van der Waals surface area (Å²) in [6.07, 6.45) is 12.7. The maximum atomic E-state index is 5.78. The molecule has 2 aromatic carbocycles. The van der Waals surface area contributed by atoms with E-state index in [4.69, 9.17) is 11.5 Å². The summed E-state index contributed by atoms with van der Waals surface area (Å²) >= 11 is 0. The Balaban J connectivity index is 2.50. The molecular formula is C28H30N2. The lowest BCUT2D eigenvalue weighted by Crippen LogP contribution is -1.86. The summed E-state index contributed by atoms with van der Waals surface area (Å²) in [6, 6.07) is 15.2. The van der Waals surface area contributed by atoms with Crippen LogP contribution in [-0.2, 0) is 0 Å². The molecule has 0 radical (unpaired) electrons. The zero-order valence-corrected chi connectivity index (χ0v) is 17.9. The zero-order chi connectivity index (χ0) is 21.6. The minimum absolute atomic E-state index is 0.733. The Morgan fingerprint density at radius 1 is 0.667 bits per heavy atom. The van der Waals surface area contributed by atoms with E-state index in [0.717, 1.165) is 59.3 Å². The van der Waals surface area contributed by atoms with Gasteiger partial charge in [-0.1, -0.05) is 62.5 Å². The number of anilines is 2. The fourth-order valence-electron chi connectivity index (χ4n) is 2.55. The van der Waals surface area contributed by atoms with Crippen LogP contribution in [0.5, 0.6) is 0 Å². The standard InChI is InChI=1S/C28H30N2/c1-3-5-7-9-25(17-11-23-13-19-27(29)20-14-23)26(10-8-6-4-2)18-12-24-15-21-28(30)22-16-24/h7-10,13-16,19-22H,3-6,29-30H2,1-2H3/b9-7+,10-8+,26-25+. The van der Waals surface area contributed by atoms with Crippen molar-refractivity contribution in [3.05, 3.63) is 95.1 Å². The van der Waals surface area contributed by atoms with E-state index in [9.17, 15) is 0 Å². The molecule has 0 bridgehead atoms. The molecule has 0 spiro atoms. The Morgan fingerprint density at radius 2 is 1.03 bits per heavy atom. The third-order valence-corrected chi connectivity index (χ3v) is 4.27. The Hall–Kier alpha value is -3.62. The van der Waals surface area contributed by atoms with Crippen molar-refractivity contribution in [3.8, 4) is 23.7 Å². The first-order valence-corrected chi connectivity index (χ1v) is 10.4. The summed E-state index contributed by atoms with van der Waals surface area (Å²) in [4.78, 5) is 0. The second kappa shape index (κ2) is 12.8. The molecule has 2 aromatic rings. The lowest BCUT2D eigenvalue weighted by molar-refractivity contribution is 0.957. The van der Waals surface area contributed by atoms with Gasteiger partial charge in [0.25, 0.3) is 0 Å². The van der Waals surface area contributed by atoms with Gasteiger partial charge in [0.2, 0.25) is 0 Å². The van der Waals surface area contributed by atoms with Gasteiger partial charge in [0.1, 0.15) is 0 Å². The van der Waals surface area contributed by atoms with E-state index in [1.54, 1.807) is 0 Å². The van der Waals surface area contributed by atoms with Crippen LogP contribution in [0.4, 0.5) is 11.4 Å². The molecule has 4 N–H and O–H groups in total. The number of nitrogen functional groups attached to an aromatic ring is 2. The van der Waals surface area contributed by atoms with Crippen LogP contribution in [0.1, 0.15) is 50.7 Å². The highest BCUT2D eigenvalue weighted by atomic mass is 14.5. The highest BCUT2D eigenvalue weighted by molar-refractivity contribution is 5.58. The van der Waals surface area contributed by atoms with Gasteiger partial charge in [-0.15, -0.1) is 0 Å². The number of unbranched alkanes of at least 4 members (excludes halogenated alkanes) is 2. The van der Waals surface area contributed by atoms with Gasteiger partial charge in [-0.3, -0.25) is 0 Å². The number of allylic oxidation sites excluding steroid dienone is 6. The van der Waals surface area contributed by atoms with Crippen molar-refractivity contribution in [2.75, 3.05) is 11.5 Å². The molecule has 2 rings (SSSR count). The van der Waals surface area contributed by atoms with Gasteiger partial charge >= 0.3 is 0 Å². The van der Waals surface area contributed by atoms with Gasteiger partial charge in [-0.05, 0) is 73.5 Å². The van der Waals surface area contributed by atoms with Crippen molar-refractivity contribution < 1.29 is 0 Å². The van der Waals surface area contributed by atoms with Gasteiger partial charge in [-0.25, -0.2) is 0 Å². The minimum Gasteiger partial charge on any atom is -0.399 e. The van der Waals surface area contributed by atoms with E-state index in [0.29, 0.717) is 0 Å². The van der Waals surface area contributed by atoms with Gasteiger partial charge < -0.3 is 11.5 Å². The molecule has 0 saturated carbocycles. The Kier molecular flexibility index (Phi) is 9.64. The summed E-state index contributed by atoms with van der Waals surface area (Å²) in [5, 5.41) is 0. The van der Waals surface area contributed by atoms with Crippen LogP contribution in [0.3, 0.4) is 0 Å². The van der Waals surface area contributed by atoms with E-state index < -0.39 is 0 Å². The van der Waals surface area contributed by atoms with Crippen LogP contribution in [0.15, 0.2) is 84.0 Å². The molecule has 0 aliphatic carbocycles. The molecule has 0 atom stereocenters. The number of nitrogens with two attached hydrogens (primary N) is 2. The highest BCUT2D eigenvalue weighted by Crippen LogP contribution is 2.12. The molecule has 0 amide bonds. The first-order chi connectivity index (χ1) is 14.6. The third-order valence-electron chi connectivity index (χ3n) is 4.27. The van der Waals surface area contributed by atoms with E-state index in [-0.39, 0.29) is 0 Å². The summed E-state index contributed by atoms with van der Waals surface area (Å²) in [6.45, 7) is 4.33. The number of hydrogen-bond acceptors (Lipinski definition) is 2. The van der Waals surface area contributed by atoms with Crippen LogP contribution >= 0.6 is 0 Å². The van der Waals surface area contributed by atoms with Crippen molar-refractivity contribution >= 4 is 11.4 Å². The molecule has 2 nitrogen and oxygen atoms in total. The molecule has 0 heterocycles.